The topological polar surface area (TPSA) is 42.0 Å². The number of thiol groups is 1. The van der Waals surface area contributed by atoms with Gasteiger partial charge < -0.3 is 5.32 Å². The van der Waals surface area contributed by atoms with Gasteiger partial charge in [-0.1, -0.05) is 6.07 Å². The van der Waals surface area contributed by atoms with Crippen molar-refractivity contribution in [2.24, 2.45) is 0 Å². The summed E-state index contributed by atoms with van der Waals surface area (Å²) in [7, 11) is 0. The smallest absolute Gasteiger partial charge is 0.256 e. The minimum atomic E-state index is -0.143. The molecule has 1 N–H and O–H groups in total. The predicted octanol–water partition coefficient (Wildman–Crippen LogP) is 3.24. The van der Waals surface area contributed by atoms with Crippen LogP contribution in [0, 0.1) is 13.8 Å². The lowest BCUT2D eigenvalue weighted by Gasteiger charge is -2.08. The Hall–Kier alpha value is -1.81. The fourth-order valence-electron chi connectivity index (χ4n) is 1.68. The Morgan fingerprint density at radius 3 is 2.72 bits per heavy atom. The Balaban J connectivity index is 2.24. The fraction of sp³-hybridized carbons (Fsp3) is 0.143. The van der Waals surface area contributed by atoms with Gasteiger partial charge in [-0.25, -0.2) is 0 Å². The number of pyridine rings is 1. The summed E-state index contributed by atoms with van der Waals surface area (Å²) in [6, 6.07) is 7.39. The van der Waals surface area contributed by atoms with Crippen LogP contribution < -0.4 is 5.32 Å². The molecule has 0 radical (unpaired) electrons. The van der Waals surface area contributed by atoms with Gasteiger partial charge in [0.25, 0.3) is 5.91 Å². The van der Waals surface area contributed by atoms with E-state index >= 15 is 0 Å². The molecule has 0 fully saturated rings. The summed E-state index contributed by atoms with van der Waals surface area (Å²) in [6.07, 6.45) is 3.38. The number of rotatable bonds is 2. The molecule has 2 aromatic rings. The third-order valence-electron chi connectivity index (χ3n) is 2.60. The molecule has 0 unspecified atom stereocenters. The Morgan fingerprint density at radius 1 is 1.22 bits per heavy atom. The number of nitrogens with one attached hydrogen (secondary N) is 1. The van der Waals surface area contributed by atoms with Crippen molar-refractivity contribution in [3.05, 3.63) is 53.3 Å². The Labute approximate surface area is 112 Å². The molecule has 18 heavy (non-hydrogen) atoms. The van der Waals surface area contributed by atoms with Crippen LogP contribution in [0.1, 0.15) is 21.5 Å². The first-order valence-electron chi connectivity index (χ1n) is 5.59. The molecule has 1 amide bonds. The van der Waals surface area contributed by atoms with Gasteiger partial charge in [-0.05, 0) is 43.2 Å². The molecule has 0 aliphatic heterocycles. The van der Waals surface area contributed by atoms with Crippen molar-refractivity contribution in [1.82, 2.24) is 4.98 Å². The van der Waals surface area contributed by atoms with Crippen LogP contribution in [0.4, 0.5) is 5.69 Å². The van der Waals surface area contributed by atoms with Gasteiger partial charge >= 0.3 is 0 Å². The van der Waals surface area contributed by atoms with Crippen LogP contribution in [0.25, 0.3) is 0 Å². The summed E-state index contributed by atoms with van der Waals surface area (Å²) in [6.45, 7) is 3.83. The van der Waals surface area contributed by atoms with Crippen LogP contribution in [-0.2, 0) is 0 Å². The minimum absolute atomic E-state index is 0.143. The molecule has 3 nitrogen and oxygen atoms in total. The van der Waals surface area contributed by atoms with Gasteiger partial charge in [0.15, 0.2) is 0 Å². The third-order valence-corrected chi connectivity index (χ3v) is 2.88. The van der Waals surface area contributed by atoms with Gasteiger partial charge in [-0.3, -0.25) is 9.78 Å². The molecule has 0 aliphatic rings. The second-order valence-corrected chi connectivity index (χ2v) is 4.72. The highest BCUT2D eigenvalue weighted by molar-refractivity contribution is 7.80. The molecule has 4 heteroatoms. The molecular formula is C14H14N2OS. The van der Waals surface area contributed by atoms with E-state index in [0.29, 0.717) is 11.3 Å². The van der Waals surface area contributed by atoms with Crippen molar-refractivity contribution in [1.29, 1.82) is 0 Å². The Bertz CT molecular complexity index is 596. The molecule has 2 rings (SSSR count). The number of amides is 1. The highest BCUT2D eigenvalue weighted by Crippen LogP contribution is 2.16. The molecule has 1 aromatic heterocycles. The number of aryl methyl sites for hydroxylation is 2. The maximum atomic E-state index is 12.1. The van der Waals surface area contributed by atoms with Crippen LogP contribution in [0.15, 0.2) is 41.6 Å². The average molecular weight is 258 g/mol. The number of carbonyl (C=O) groups excluding carboxylic acids is 1. The molecule has 0 saturated heterocycles. The number of hydrogen-bond donors (Lipinski definition) is 2. The van der Waals surface area contributed by atoms with E-state index in [1.54, 1.807) is 18.5 Å². The number of carbonyl (C=O) groups is 1. The van der Waals surface area contributed by atoms with Gasteiger partial charge in [0.2, 0.25) is 0 Å². The Morgan fingerprint density at radius 2 is 2.00 bits per heavy atom. The number of hydrogen-bond acceptors (Lipinski definition) is 3. The number of benzene rings is 1. The van der Waals surface area contributed by atoms with Gasteiger partial charge in [0.1, 0.15) is 0 Å². The van der Waals surface area contributed by atoms with E-state index < -0.39 is 0 Å². The van der Waals surface area contributed by atoms with Gasteiger partial charge in [0, 0.05) is 16.7 Å². The lowest BCUT2D eigenvalue weighted by molar-refractivity contribution is 0.102. The highest BCUT2D eigenvalue weighted by Gasteiger charge is 2.09. The maximum Gasteiger partial charge on any atom is 0.256 e. The van der Waals surface area contributed by atoms with Gasteiger partial charge in [-0.2, -0.15) is 0 Å². The van der Waals surface area contributed by atoms with E-state index in [1.165, 1.54) is 0 Å². The zero-order valence-electron chi connectivity index (χ0n) is 10.3. The van der Waals surface area contributed by atoms with Crippen molar-refractivity contribution < 1.29 is 4.79 Å². The molecule has 0 atom stereocenters. The first-order valence-corrected chi connectivity index (χ1v) is 6.03. The van der Waals surface area contributed by atoms with Gasteiger partial charge in [-0.15, -0.1) is 12.6 Å². The monoisotopic (exact) mass is 258 g/mol. The third kappa shape index (κ3) is 2.90. The summed E-state index contributed by atoms with van der Waals surface area (Å²) in [5.41, 5.74) is 3.26. The molecule has 1 heterocycles. The lowest BCUT2D eigenvalue weighted by atomic mass is 10.1. The van der Waals surface area contributed by atoms with Crippen molar-refractivity contribution in [3.63, 3.8) is 0 Å². The first kappa shape index (κ1) is 12.6. The van der Waals surface area contributed by atoms with Crippen LogP contribution in [0.2, 0.25) is 0 Å². The average Bonchev–Trinajstić information content (AvgIpc) is 2.32. The van der Waals surface area contributed by atoms with Crippen LogP contribution in [0.3, 0.4) is 0 Å². The molecule has 0 spiro atoms. The standard InChI is InChI=1S/C14H14N2OS/c1-9-5-11(8-15-7-9)16-14(17)13-6-12(18)4-3-10(13)2/h3-8,18H,1-2H3,(H,16,17). The van der Waals surface area contributed by atoms with Crippen LogP contribution in [0.5, 0.6) is 0 Å². The van der Waals surface area contributed by atoms with Crippen molar-refractivity contribution in [3.8, 4) is 0 Å². The summed E-state index contributed by atoms with van der Waals surface area (Å²) in [5.74, 6) is -0.143. The number of anilines is 1. The molecule has 1 aromatic carbocycles. The second-order valence-electron chi connectivity index (χ2n) is 4.20. The van der Waals surface area contributed by atoms with Gasteiger partial charge in [0.05, 0.1) is 11.9 Å². The van der Waals surface area contributed by atoms with E-state index in [0.717, 1.165) is 16.0 Å². The number of nitrogens with zero attached hydrogens (tertiary/aromatic N) is 1. The SMILES string of the molecule is Cc1cncc(NC(=O)c2cc(S)ccc2C)c1. The first-order chi connectivity index (χ1) is 8.56. The molecule has 92 valence electrons. The van der Waals surface area contributed by atoms with E-state index in [2.05, 4.69) is 22.9 Å². The molecule has 0 bridgehead atoms. The van der Waals surface area contributed by atoms with E-state index in [4.69, 9.17) is 0 Å². The van der Waals surface area contributed by atoms with Crippen LogP contribution in [-0.4, -0.2) is 10.9 Å². The van der Waals surface area contributed by atoms with E-state index in [1.807, 2.05) is 32.0 Å². The molecule has 0 aliphatic carbocycles. The maximum absolute atomic E-state index is 12.1. The zero-order chi connectivity index (χ0) is 13.1. The summed E-state index contributed by atoms with van der Waals surface area (Å²) >= 11 is 4.25. The summed E-state index contributed by atoms with van der Waals surface area (Å²) in [5, 5.41) is 2.83. The molecule has 0 saturated carbocycles. The summed E-state index contributed by atoms with van der Waals surface area (Å²) in [4.78, 5) is 16.9. The quantitative estimate of drug-likeness (QED) is 0.812. The zero-order valence-corrected chi connectivity index (χ0v) is 11.2. The van der Waals surface area contributed by atoms with E-state index in [9.17, 15) is 4.79 Å². The number of aromatic nitrogens is 1. The Kier molecular flexibility index (Phi) is 3.67. The minimum Gasteiger partial charge on any atom is -0.321 e. The van der Waals surface area contributed by atoms with Crippen LogP contribution >= 0.6 is 12.6 Å². The van der Waals surface area contributed by atoms with Crippen molar-refractivity contribution >= 4 is 24.2 Å². The second kappa shape index (κ2) is 5.23. The summed E-state index contributed by atoms with van der Waals surface area (Å²) < 4.78 is 0. The van der Waals surface area contributed by atoms with Crippen molar-refractivity contribution in [2.75, 3.05) is 5.32 Å². The predicted molar refractivity (Wildman–Crippen MR) is 75.4 cm³/mol. The largest absolute Gasteiger partial charge is 0.321 e. The lowest BCUT2D eigenvalue weighted by Crippen LogP contribution is -2.13. The fourth-order valence-corrected chi connectivity index (χ4v) is 1.88. The highest BCUT2D eigenvalue weighted by atomic mass is 32.1. The van der Waals surface area contributed by atoms with Crippen molar-refractivity contribution in [2.45, 2.75) is 18.7 Å². The normalized spacial score (nSPS) is 10.2. The molecular weight excluding hydrogens is 244 g/mol. The van der Waals surface area contributed by atoms with E-state index in [-0.39, 0.29) is 5.91 Å².